The highest BCUT2D eigenvalue weighted by Gasteiger charge is 2.41. The average molecular weight is 563 g/mol. The summed E-state index contributed by atoms with van der Waals surface area (Å²) in [7, 11) is 0. The third-order valence-corrected chi connectivity index (χ3v) is 7.89. The normalized spacial score (nSPS) is 19.9. The molecule has 218 valence electrons. The van der Waals surface area contributed by atoms with Gasteiger partial charge in [0, 0.05) is 49.2 Å². The number of anilines is 2. The van der Waals surface area contributed by atoms with Crippen LogP contribution in [0.3, 0.4) is 0 Å². The second-order valence-corrected chi connectivity index (χ2v) is 10.6. The van der Waals surface area contributed by atoms with Crippen molar-refractivity contribution in [1.82, 2.24) is 4.90 Å². The fourth-order valence-electron chi connectivity index (χ4n) is 5.73. The molecule has 4 rings (SSSR count). The number of para-hydroxylation sites is 1. The van der Waals surface area contributed by atoms with Crippen LogP contribution in [-0.4, -0.2) is 60.7 Å². The highest BCUT2D eigenvalue weighted by atomic mass is 19.4. The number of benzene rings is 2. The van der Waals surface area contributed by atoms with E-state index in [1.54, 1.807) is 0 Å². The lowest BCUT2D eigenvalue weighted by Crippen LogP contribution is -2.50. The molecule has 1 saturated carbocycles. The standard InChI is InChI=1S/C29H37F3N4O4/c1-3-7-24-20(2)28(36(38)39)25(29(30,31)32)18-26(24)33-21-10-12-23(13-11-21)40-19-27(37)35-16-14-34(15-17-35)22-8-5-4-6-9-22/h4-6,8-9,18,21,23,33H,3,7,10-17,19H2,1-2H3. The zero-order valence-electron chi connectivity index (χ0n) is 23.0. The van der Waals surface area contributed by atoms with Crippen molar-refractivity contribution in [3.63, 3.8) is 0 Å². The predicted molar refractivity (Wildman–Crippen MR) is 148 cm³/mol. The van der Waals surface area contributed by atoms with Crippen molar-refractivity contribution in [2.75, 3.05) is 43.0 Å². The smallest absolute Gasteiger partial charge is 0.382 e. The third-order valence-electron chi connectivity index (χ3n) is 7.89. The molecule has 11 heteroatoms. The van der Waals surface area contributed by atoms with Gasteiger partial charge in [-0.1, -0.05) is 31.5 Å². The number of hydrogen-bond donors (Lipinski definition) is 1. The number of nitro groups is 1. The minimum Gasteiger partial charge on any atom is -0.382 e. The van der Waals surface area contributed by atoms with Crippen LogP contribution < -0.4 is 10.2 Å². The van der Waals surface area contributed by atoms with E-state index < -0.39 is 22.4 Å². The predicted octanol–water partition coefficient (Wildman–Crippen LogP) is 5.96. The summed E-state index contributed by atoms with van der Waals surface area (Å²) in [4.78, 5) is 27.4. The minimum atomic E-state index is -4.83. The van der Waals surface area contributed by atoms with Crippen LogP contribution in [0.15, 0.2) is 36.4 Å². The number of nitrogens with zero attached hydrogens (tertiary/aromatic N) is 3. The molecule has 1 aliphatic heterocycles. The number of piperazine rings is 1. The number of amides is 1. The van der Waals surface area contributed by atoms with Crippen molar-refractivity contribution >= 4 is 23.0 Å². The summed E-state index contributed by atoms with van der Waals surface area (Å²) in [6.45, 7) is 6.12. The van der Waals surface area contributed by atoms with E-state index >= 15 is 0 Å². The summed E-state index contributed by atoms with van der Waals surface area (Å²) in [5, 5.41) is 14.8. The quantitative estimate of drug-likeness (QED) is 0.300. The van der Waals surface area contributed by atoms with Crippen LogP contribution in [0.2, 0.25) is 0 Å². The zero-order valence-corrected chi connectivity index (χ0v) is 23.0. The summed E-state index contributed by atoms with van der Waals surface area (Å²) >= 11 is 0. The maximum atomic E-state index is 13.7. The molecule has 2 fully saturated rings. The molecule has 0 bridgehead atoms. The lowest BCUT2D eigenvalue weighted by molar-refractivity contribution is -0.388. The van der Waals surface area contributed by atoms with Crippen molar-refractivity contribution in [2.45, 2.75) is 70.7 Å². The minimum absolute atomic E-state index is 0.0191. The highest BCUT2D eigenvalue weighted by molar-refractivity contribution is 5.77. The average Bonchev–Trinajstić information content (AvgIpc) is 2.94. The van der Waals surface area contributed by atoms with Crippen LogP contribution in [-0.2, 0) is 22.1 Å². The van der Waals surface area contributed by atoms with E-state index in [4.69, 9.17) is 4.74 Å². The number of alkyl halides is 3. The Hall–Kier alpha value is -3.34. The van der Waals surface area contributed by atoms with Crippen molar-refractivity contribution in [1.29, 1.82) is 0 Å². The Morgan fingerprint density at radius 2 is 1.75 bits per heavy atom. The maximum absolute atomic E-state index is 13.7. The fourth-order valence-corrected chi connectivity index (χ4v) is 5.73. The van der Waals surface area contributed by atoms with Gasteiger partial charge in [-0.3, -0.25) is 14.9 Å². The monoisotopic (exact) mass is 562 g/mol. The molecule has 1 saturated heterocycles. The van der Waals surface area contributed by atoms with E-state index in [2.05, 4.69) is 22.3 Å². The van der Waals surface area contributed by atoms with Crippen LogP contribution in [0, 0.1) is 17.0 Å². The topological polar surface area (TPSA) is 88.0 Å². The molecule has 1 N–H and O–H groups in total. The van der Waals surface area contributed by atoms with Crippen LogP contribution in [0.4, 0.5) is 30.2 Å². The van der Waals surface area contributed by atoms with E-state index in [-0.39, 0.29) is 30.2 Å². The van der Waals surface area contributed by atoms with E-state index in [9.17, 15) is 28.1 Å². The second-order valence-electron chi connectivity index (χ2n) is 10.6. The molecule has 2 aromatic carbocycles. The number of ether oxygens (including phenoxy) is 1. The molecule has 0 aromatic heterocycles. The molecular weight excluding hydrogens is 525 g/mol. The van der Waals surface area contributed by atoms with Gasteiger partial charge in [-0.05, 0) is 62.8 Å². The molecule has 0 radical (unpaired) electrons. The van der Waals surface area contributed by atoms with Crippen LogP contribution in [0.5, 0.6) is 0 Å². The van der Waals surface area contributed by atoms with Gasteiger partial charge in [0.05, 0.1) is 11.0 Å². The second kappa shape index (κ2) is 12.9. The molecule has 0 spiro atoms. The van der Waals surface area contributed by atoms with E-state index in [1.807, 2.05) is 30.0 Å². The van der Waals surface area contributed by atoms with E-state index in [0.29, 0.717) is 62.9 Å². The first-order valence-electron chi connectivity index (χ1n) is 13.9. The first-order chi connectivity index (χ1) is 19.1. The zero-order chi connectivity index (χ0) is 28.9. The fraction of sp³-hybridized carbons (Fsp3) is 0.552. The molecule has 2 aliphatic rings. The summed E-state index contributed by atoms with van der Waals surface area (Å²) < 4.78 is 47.1. The number of halogens is 3. The molecule has 0 unspecified atom stereocenters. The van der Waals surface area contributed by atoms with E-state index in [0.717, 1.165) is 24.8 Å². The van der Waals surface area contributed by atoms with Gasteiger partial charge in [0.15, 0.2) is 0 Å². The first-order valence-corrected chi connectivity index (χ1v) is 13.9. The highest BCUT2D eigenvalue weighted by Crippen LogP contribution is 2.43. The van der Waals surface area contributed by atoms with Gasteiger partial charge >= 0.3 is 6.18 Å². The largest absolute Gasteiger partial charge is 0.423 e. The molecular formula is C29H37F3N4O4. The maximum Gasteiger partial charge on any atom is 0.423 e. The molecule has 2 aromatic rings. The van der Waals surface area contributed by atoms with Crippen LogP contribution in [0.25, 0.3) is 0 Å². The van der Waals surface area contributed by atoms with Gasteiger partial charge < -0.3 is 19.9 Å². The van der Waals surface area contributed by atoms with Gasteiger partial charge in [0.25, 0.3) is 5.69 Å². The van der Waals surface area contributed by atoms with Crippen molar-refractivity contribution in [2.24, 2.45) is 0 Å². The van der Waals surface area contributed by atoms with Gasteiger partial charge in [0.2, 0.25) is 5.91 Å². The van der Waals surface area contributed by atoms with Crippen molar-refractivity contribution < 1.29 is 27.6 Å². The molecule has 1 aliphatic carbocycles. The Morgan fingerprint density at radius 1 is 1.10 bits per heavy atom. The Bertz CT molecular complexity index is 1180. The number of carbonyl (C=O) groups is 1. The molecule has 8 nitrogen and oxygen atoms in total. The van der Waals surface area contributed by atoms with E-state index in [1.165, 1.54) is 6.92 Å². The van der Waals surface area contributed by atoms with Gasteiger partial charge in [-0.25, -0.2) is 0 Å². The third kappa shape index (κ3) is 7.04. The summed E-state index contributed by atoms with van der Waals surface area (Å²) in [6.07, 6.45) is -1.16. The number of hydrogen-bond acceptors (Lipinski definition) is 6. The molecule has 1 heterocycles. The van der Waals surface area contributed by atoms with Crippen molar-refractivity contribution in [3.8, 4) is 0 Å². The number of nitrogens with one attached hydrogen (secondary N) is 1. The Kier molecular flexibility index (Phi) is 9.55. The van der Waals surface area contributed by atoms with Gasteiger partial charge in [-0.15, -0.1) is 0 Å². The number of nitro benzene ring substituents is 1. The number of carbonyl (C=O) groups excluding carboxylic acids is 1. The Labute approximate surface area is 232 Å². The molecule has 1 amide bonds. The summed E-state index contributed by atoms with van der Waals surface area (Å²) in [5.74, 6) is -0.0294. The van der Waals surface area contributed by atoms with Gasteiger partial charge in [0.1, 0.15) is 12.2 Å². The Morgan fingerprint density at radius 3 is 2.33 bits per heavy atom. The summed E-state index contributed by atoms with van der Waals surface area (Å²) in [6, 6.07) is 10.9. The first kappa shape index (κ1) is 29.6. The molecule has 40 heavy (non-hydrogen) atoms. The molecule has 0 atom stereocenters. The lowest BCUT2D eigenvalue weighted by Gasteiger charge is -2.36. The number of rotatable bonds is 9. The SMILES string of the molecule is CCCc1c(NC2CCC(OCC(=O)N3CCN(c4ccccc4)CC3)CC2)cc(C(F)(F)F)c([N+](=O)[O-])c1C. The summed E-state index contributed by atoms with van der Waals surface area (Å²) in [5.41, 5.74) is -0.0203. The van der Waals surface area contributed by atoms with Crippen molar-refractivity contribution in [3.05, 3.63) is 63.2 Å². The van der Waals surface area contributed by atoms with Gasteiger partial charge in [-0.2, -0.15) is 13.2 Å². The lowest BCUT2D eigenvalue weighted by atomic mass is 9.91. The Balaban J connectivity index is 1.30. The van der Waals surface area contributed by atoms with Crippen LogP contribution in [0.1, 0.15) is 55.7 Å². The van der Waals surface area contributed by atoms with Crippen LogP contribution >= 0.6 is 0 Å².